The van der Waals surface area contributed by atoms with E-state index in [4.69, 9.17) is 9.47 Å². The Bertz CT molecular complexity index is 259. The predicted molar refractivity (Wildman–Crippen MR) is 69.0 cm³/mol. The van der Waals surface area contributed by atoms with Crippen molar-refractivity contribution in [3.63, 3.8) is 0 Å². The van der Waals surface area contributed by atoms with Crippen molar-refractivity contribution < 1.29 is 19.1 Å². The Kier molecular flexibility index (Phi) is 7.43. The number of alkyl halides is 1. The van der Waals surface area contributed by atoms with E-state index in [1.807, 2.05) is 20.8 Å². The molecule has 0 aliphatic carbocycles. The highest BCUT2D eigenvalue weighted by Crippen LogP contribution is 2.26. The molecule has 0 aliphatic rings. The van der Waals surface area contributed by atoms with E-state index < -0.39 is 5.41 Å². The molecule has 0 fully saturated rings. The van der Waals surface area contributed by atoms with E-state index in [9.17, 15) is 9.59 Å². The molecule has 0 spiro atoms. The second-order valence-corrected chi connectivity index (χ2v) is 5.56. The molecule has 1 atom stereocenters. The fourth-order valence-electron chi connectivity index (χ4n) is 1.10. The SMILES string of the molecule is CCC(C)(CC)C(=O)OCCOC(=O)C(C)Br. The summed E-state index contributed by atoms with van der Waals surface area (Å²) in [6.07, 6.45) is 1.47. The van der Waals surface area contributed by atoms with Crippen molar-refractivity contribution in [2.24, 2.45) is 5.41 Å². The molecule has 0 saturated carbocycles. The number of carbonyl (C=O) groups is 2. The fourth-order valence-corrected chi connectivity index (χ4v) is 1.24. The highest BCUT2D eigenvalue weighted by atomic mass is 79.9. The number of rotatable bonds is 7. The topological polar surface area (TPSA) is 52.6 Å². The van der Waals surface area contributed by atoms with Crippen molar-refractivity contribution in [1.29, 1.82) is 0 Å². The largest absolute Gasteiger partial charge is 0.462 e. The first-order valence-electron chi connectivity index (χ1n) is 5.85. The van der Waals surface area contributed by atoms with Gasteiger partial charge in [-0.2, -0.15) is 0 Å². The third-order valence-corrected chi connectivity index (χ3v) is 3.31. The number of esters is 2. The maximum Gasteiger partial charge on any atom is 0.319 e. The molecule has 0 saturated heterocycles. The third kappa shape index (κ3) is 5.52. The van der Waals surface area contributed by atoms with Gasteiger partial charge in [-0.15, -0.1) is 0 Å². The monoisotopic (exact) mass is 308 g/mol. The predicted octanol–water partition coefficient (Wildman–Crippen LogP) is 2.68. The maximum atomic E-state index is 11.7. The van der Waals surface area contributed by atoms with Crippen LogP contribution >= 0.6 is 15.9 Å². The molecule has 0 N–H and O–H groups in total. The van der Waals surface area contributed by atoms with E-state index in [2.05, 4.69) is 15.9 Å². The lowest BCUT2D eigenvalue weighted by Crippen LogP contribution is -2.30. The Labute approximate surface area is 111 Å². The van der Waals surface area contributed by atoms with Crippen LogP contribution in [0.1, 0.15) is 40.5 Å². The van der Waals surface area contributed by atoms with Crippen LogP contribution in [-0.4, -0.2) is 30.0 Å². The molecule has 0 aromatic carbocycles. The van der Waals surface area contributed by atoms with Gasteiger partial charge in [0.1, 0.15) is 18.0 Å². The van der Waals surface area contributed by atoms with Crippen LogP contribution in [-0.2, 0) is 19.1 Å². The molecule has 0 aromatic heterocycles. The Morgan fingerprint density at radius 2 is 1.65 bits per heavy atom. The van der Waals surface area contributed by atoms with E-state index in [0.717, 1.165) is 12.8 Å². The van der Waals surface area contributed by atoms with Gasteiger partial charge in [0.15, 0.2) is 0 Å². The van der Waals surface area contributed by atoms with Gasteiger partial charge >= 0.3 is 11.9 Å². The first-order chi connectivity index (χ1) is 7.87. The molecule has 17 heavy (non-hydrogen) atoms. The summed E-state index contributed by atoms with van der Waals surface area (Å²) < 4.78 is 9.96. The van der Waals surface area contributed by atoms with Gasteiger partial charge in [-0.3, -0.25) is 9.59 Å². The zero-order valence-electron chi connectivity index (χ0n) is 10.9. The fraction of sp³-hybridized carbons (Fsp3) is 0.833. The molecule has 0 aromatic rings. The van der Waals surface area contributed by atoms with Gasteiger partial charge in [-0.05, 0) is 26.7 Å². The lowest BCUT2D eigenvalue weighted by Gasteiger charge is -2.23. The number of hydrogen-bond acceptors (Lipinski definition) is 4. The molecule has 0 aliphatic heterocycles. The minimum atomic E-state index is -0.438. The smallest absolute Gasteiger partial charge is 0.319 e. The van der Waals surface area contributed by atoms with E-state index in [-0.39, 0.29) is 30.0 Å². The molecule has 4 nitrogen and oxygen atoms in total. The van der Waals surface area contributed by atoms with Crippen LogP contribution < -0.4 is 0 Å². The molecule has 0 radical (unpaired) electrons. The van der Waals surface area contributed by atoms with E-state index in [1.165, 1.54) is 0 Å². The van der Waals surface area contributed by atoms with Gasteiger partial charge in [0.05, 0.1) is 5.41 Å². The molecule has 100 valence electrons. The van der Waals surface area contributed by atoms with Crippen molar-refractivity contribution in [3.05, 3.63) is 0 Å². The second-order valence-electron chi connectivity index (χ2n) is 4.19. The number of halogens is 1. The Morgan fingerprint density at radius 3 is 2.06 bits per heavy atom. The van der Waals surface area contributed by atoms with E-state index in [1.54, 1.807) is 6.92 Å². The van der Waals surface area contributed by atoms with Crippen LogP contribution in [0.15, 0.2) is 0 Å². The zero-order chi connectivity index (χ0) is 13.5. The van der Waals surface area contributed by atoms with Gasteiger partial charge in [-0.1, -0.05) is 29.8 Å². The summed E-state index contributed by atoms with van der Waals surface area (Å²) in [5, 5.41) is 0. The first-order valence-corrected chi connectivity index (χ1v) is 6.77. The van der Waals surface area contributed by atoms with Crippen molar-refractivity contribution in [2.45, 2.75) is 45.4 Å². The normalized spacial score (nSPS) is 13.0. The number of carbonyl (C=O) groups excluding carboxylic acids is 2. The summed E-state index contributed by atoms with van der Waals surface area (Å²) in [6, 6.07) is 0. The molecule has 0 heterocycles. The summed E-state index contributed by atoms with van der Waals surface area (Å²) >= 11 is 3.09. The van der Waals surface area contributed by atoms with Gasteiger partial charge in [-0.25, -0.2) is 0 Å². The quantitative estimate of drug-likeness (QED) is 0.412. The summed E-state index contributed by atoms with van der Waals surface area (Å²) in [6.45, 7) is 7.68. The first kappa shape index (κ1) is 16.4. The van der Waals surface area contributed by atoms with E-state index in [0.29, 0.717) is 0 Å². The minimum absolute atomic E-state index is 0.101. The highest BCUT2D eigenvalue weighted by Gasteiger charge is 2.30. The number of ether oxygens (including phenoxy) is 2. The van der Waals surface area contributed by atoms with Crippen molar-refractivity contribution in [1.82, 2.24) is 0 Å². The highest BCUT2D eigenvalue weighted by molar-refractivity contribution is 9.10. The van der Waals surface area contributed by atoms with Crippen molar-refractivity contribution in [2.75, 3.05) is 13.2 Å². The van der Waals surface area contributed by atoms with Gasteiger partial charge in [0.25, 0.3) is 0 Å². The summed E-state index contributed by atoms with van der Waals surface area (Å²) in [7, 11) is 0. The van der Waals surface area contributed by atoms with Gasteiger partial charge in [0, 0.05) is 0 Å². The summed E-state index contributed by atoms with van der Waals surface area (Å²) in [5.74, 6) is -0.583. The molecule has 0 amide bonds. The third-order valence-electron chi connectivity index (χ3n) is 2.94. The van der Waals surface area contributed by atoms with E-state index >= 15 is 0 Å². The molecule has 5 heteroatoms. The standard InChI is InChI=1S/C12H21BrO4/c1-5-12(4,6-2)11(15)17-8-7-16-10(14)9(3)13/h9H,5-8H2,1-4H3. The minimum Gasteiger partial charge on any atom is -0.462 e. The van der Waals surface area contributed by atoms with Crippen LogP contribution in [0.25, 0.3) is 0 Å². The molecular weight excluding hydrogens is 288 g/mol. The van der Waals surface area contributed by atoms with Gasteiger partial charge in [0.2, 0.25) is 0 Å². The zero-order valence-corrected chi connectivity index (χ0v) is 12.5. The maximum absolute atomic E-state index is 11.7. The molecule has 0 rings (SSSR count). The van der Waals surface area contributed by atoms with Crippen molar-refractivity contribution >= 4 is 27.9 Å². The van der Waals surface area contributed by atoms with Gasteiger partial charge < -0.3 is 9.47 Å². The number of hydrogen-bond donors (Lipinski definition) is 0. The van der Waals surface area contributed by atoms with Crippen LogP contribution in [0.4, 0.5) is 0 Å². The Hall–Kier alpha value is -0.580. The van der Waals surface area contributed by atoms with Crippen LogP contribution in [0.3, 0.4) is 0 Å². The average molecular weight is 309 g/mol. The van der Waals surface area contributed by atoms with Crippen LogP contribution in [0.5, 0.6) is 0 Å². The van der Waals surface area contributed by atoms with Crippen LogP contribution in [0.2, 0.25) is 0 Å². The molecular formula is C12H21BrO4. The second kappa shape index (κ2) is 7.69. The lowest BCUT2D eigenvalue weighted by molar-refractivity contribution is -0.159. The van der Waals surface area contributed by atoms with Crippen molar-refractivity contribution in [3.8, 4) is 0 Å². The summed E-state index contributed by atoms with van der Waals surface area (Å²) in [4.78, 5) is 22.5. The lowest BCUT2D eigenvalue weighted by atomic mass is 9.85. The van der Waals surface area contributed by atoms with Crippen LogP contribution in [0, 0.1) is 5.41 Å². The Morgan fingerprint density at radius 1 is 1.18 bits per heavy atom. The Balaban J connectivity index is 3.90. The summed E-state index contributed by atoms with van der Waals surface area (Å²) in [5.41, 5.74) is -0.438. The molecule has 0 bridgehead atoms. The molecule has 1 unspecified atom stereocenters. The average Bonchev–Trinajstić information content (AvgIpc) is 2.32.